The van der Waals surface area contributed by atoms with Crippen LogP contribution in [0.4, 0.5) is 11.5 Å². The van der Waals surface area contributed by atoms with E-state index < -0.39 is 0 Å². The quantitative estimate of drug-likeness (QED) is 0.487. The van der Waals surface area contributed by atoms with Crippen molar-refractivity contribution in [1.82, 2.24) is 19.8 Å². The Labute approximate surface area is 229 Å². The zero-order valence-corrected chi connectivity index (χ0v) is 22.7. The Bertz CT molecular complexity index is 1410. The first kappa shape index (κ1) is 25.4. The minimum Gasteiger partial charge on any atom is -0.508 e. The lowest BCUT2D eigenvalue weighted by Crippen LogP contribution is -2.54. The number of likely N-dealkylation sites (tertiary alicyclic amines) is 1. The number of likely N-dealkylation sites (N-methyl/N-ethyl adjacent to an activating group) is 1. The summed E-state index contributed by atoms with van der Waals surface area (Å²) in [6.45, 7) is 10.5. The van der Waals surface area contributed by atoms with Gasteiger partial charge in [-0.1, -0.05) is 30.8 Å². The Morgan fingerprint density at radius 3 is 2.79 bits per heavy atom. The van der Waals surface area contributed by atoms with E-state index >= 15 is 0 Å². The number of amides is 1. The molecule has 0 unspecified atom stereocenters. The van der Waals surface area contributed by atoms with Crippen molar-refractivity contribution in [3.8, 4) is 11.8 Å². The highest BCUT2D eigenvalue weighted by Gasteiger charge is 2.34. The van der Waals surface area contributed by atoms with Crippen molar-refractivity contribution in [2.45, 2.75) is 44.9 Å². The van der Waals surface area contributed by atoms with Gasteiger partial charge in [0.15, 0.2) is 0 Å². The van der Waals surface area contributed by atoms with Crippen LogP contribution in [-0.2, 0) is 17.9 Å². The van der Waals surface area contributed by atoms with Crippen LogP contribution in [-0.4, -0.2) is 82.7 Å². The maximum Gasteiger partial charge on any atom is 0.318 e. The first-order chi connectivity index (χ1) is 18.9. The minimum absolute atomic E-state index is 0.0407. The van der Waals surface area contributed by atoms with Gasteiger partial charge in [-0.25, -0.2) is 0 Å². The van der Waals surface area contributed by atoms with Crippen LogP contribution in [0.5, 0.6) is 11.8 Å². The van der Waals surface area contributed by atoms with E-state index in [1.165, 1.54) is 12.5 Å². The molecular formula is C30H36N6O3. The number of piperazine rings is 1. The van der Waals surface area contributed by atoms with Crippen LogP contribution in [0, 0.1) is 0 Å². The van der Waals surface area contributed by atoms with Crippen LogP contribution < -0.4 is 14.5 Å². The molecule has 4 heterocycles. The average molecular weight is 529 g/mol. The summed E-state index contributed by atoms with van der Waals surface area (Å²) in [6, 6.07) is 12.6. The molecule has 0 radical (unpaired) electrons. The number of fused-ring (bicyclic) bond motifs is 2. The van der Waals surface area contributed by atoms with Crippen LogP contribution in [0.1, 0.15) is 31.0 Å². The maximum absolute atomic E-state index is 12.3. The van der Waals surface area contributed by atoms with Gasteiger partial charge in [-0.15, -0.1) is 0 Å². The number of carbonyl (C=O) groups excluding carboxylic acids is 1. The van der Waals surface area contributed by atoms with Crippen molar-refractivity contribution < 1.29 is 14.6 Å². The van der Waals surface area contributed by atoms with Crippen molar-refractivity contribution >= 4 is 28.2 Å². The van der Waals surface area contributed by atoms with Crippen LogP contribution >= 0.6 is 0 Å². The monoisotopic (exact) mass is 528 g/mol. The van der Waals surface area contributed by atoms with Crippen molar-refractivity contribution in [2.75, 3.05) is 49.6 Å². The summed E-state index contributed by atoms with van der Waals surface area (Å²) in [5, 5.41) is 12.6. The summed E-state index contributed by atoms with van der Waals surface area (Å²) in [5.41, 5.74) is 2.99. The second-order valence-corrected chi connectivity index (χ2v) is 10.9. The van der Waals surface area contributed by atoms with Crippen molar-refractivity contribution in [3.63, 3.8) is 0 Å². The zero-order chi connectivity index (χ0) is 27.1. The summed E-state index contributed by atoms with van der Waals surface area (Å²) in [4.78, 5) is 30.9. The van der Waals surface area contributed by atoms with Gasteiger partial charge >= 0.3 is 6.01 Å². The number of carbonyl (C=O) groups is 1. The highest BCUT2D eigenvalue weighted by atomic mass is 16.5. The maximum atomic E-state index is 12.3. The number of hydrogen-bond acceptors (Lipinski definition) is 8. The number of rotatable bonds is 6. The molecule has 1 aromatic heterocycles. The topological polar surface area (TPSA) is 85.3 Å². The number of nitrogens with zero attached hydrogens (tertiary/aromatic N) is 6. The Hall–Kier alpha value is -3.85. The number of anilines is 2. The molecule has 2 atom stereocenters. The number of benzene rings is 2. The number of aromatic nitrogens is 2. The van der Waals surface area contributed by atoms with E-state index in [4.69, 9.17) is 14.7 Å². The molecule has 6 rings (SSSR count). The highest BCUT2D eigenvalue weighted by Crippen LogP contribution is 2.39. The van der Waals surface area contributed by atoms with E-state index in [1.54, 1.807) is 6.07 Å². The third-order valence-electron chi connectivity index (χ3n) is 8.37. The second-order valence-electron chi connectivity index (χ2n) is 10.9. The fourth-order valence-electron chi connectivity index (χ4n) is 6.19. The lowest BCUT2D eigenvalue weighted by atomic mass is 10.1. The molecule has 39 heavy (non-hydrogen) atoms. The Morgan fingerprint density at radius 2 is 2.03 bits per heavy atom. The Balaban J connectivity index is 1.34. The first-order valence-corrected chi connectivity index (χ1v) is 13.8. The fraction of sp³-hybridized carbons (Fsp3) is 0.433. The summed E-state index contributed by atoms with van der Waals surface area (Å²) < 4.78 is 6.23. The molecule has 9 heteroatoms. The smallest absolute Gasteiger partial charge is 0.318 e. The van der Waals surface area contributed by atoms with Gasteiger partial charge in [0, 0.05) is 61.0 Å². The molecule has 2 fully saturated rings. The zero-order valence-electron chi connectivity index (χ0n) is 22.7. The summed E-state index contributed by atoms with van der Waals surface area (Å²) >= 11 is 0. The summed E-state index contributed by atoms with van der Waals surface area (Å²) in [5.74, 6) is 1.08. The van der Waals surface area contributed by atoms with Gasteiger partial charge in [-0.3, -0.25) is 4.79 Å². The molecule has 0 spiro atoms. The number of aromatic hydroxyl groups is 1. The van der Waals surface area contributed by atoms with E-state index in [2.05, 4.69) is 41.3 Å². The number of phenolic OH excluding ortho intramolecular Hbond substituents is 1. The normalized spacial score (nSPS) is 21.4. The molecule has 0 bridgehead atoms. The van der Waals surface area contributed by atoms with Gasteiger partial charge in [-0.2, -0.15) is 9.97 Å². The molecule has 1 N–H and O–H groups in total. The van der Waals surface area contributed by atoms with E-state index in [0.717, 1.165) is 46.5 Å². The number of phenols is 1. The van der Waals surface area contributed by atoms with Crippen LogP contribution in [0.2, 0.25) is 0 Å². The predicted octanol–water partition coefficient (Wildman–Crippen LogP) is 3.55. The van der Waals surface area contributed by atoms with Crippen LogP contribution in [0.3, 0.4) is 0 Å². The van der Waals surface area contributed by atoms with E-state index in [0.29, 0.717) is 51.4 Å². The molecule has 204 valence electrons. The van der Waals surface area contributed by atoms with Crippen molar-refractivity contribution in [1.29, 1.82) is 0 Å². The average Bonchev–Trinajstić information content (AvgIpc) is 3.56. The fourth-order valence-corrected chi connectivity index (χ4v) is 6.19. The standard InChI is InChI=1S/C30H36N6O3/c1-4-28(38)34-12-13-36(20(2)16-34)29-25-17-35(27-15-23(37)14-21-8-5-6-10-24(21)27)18-26(25)31-30(32-29)39-19-22-9-7-11-33(22)3/h4-6,8,10,14-15,20,22,37H,1,7,9,11-13,16-19H2,2-3H3/t20-,22-/m0/s1. The lowest BCUT2D eigenvalue weighted by molar-refractivity contribution is -0.126. The van der Waals surface area contributed by atoms with E-state index in [1.807, 2.05) is 29.2 Å². The SMILES string of the molecule is C=CC(=O)N1CCN(c2nc(OC[C@@H]3CCCN3C)nc3c2CN(c2cc(O)cc4ccccc24)C3)[C@@H](C)C1. The molecule has 9 nitrogen and oxygen atoms in total. The number of ether oxygens (including phenoxy) is 1. The van der Waals surface area contributed by atoms with Gasteiger partial charge in [0.05, 0.1) is 12.2 Å². The molecule has 1 amide bonds. The molecule has 2 saturated heterocycles. The molecule has 0 aliphatic carbocycles. The Morgan fingerprint density at radius 1 is 1.18 bits per heavy atom. The van der Waals surface area contributed by atoms with Gasteiger partial charge in [0.25, 0.3) is 0 Å². The third kappa shape index (κ3) is 4.87. The number of hydrogen-bond donors (Lipinski definition) is 1. The first-order valence-electron chi connectivity index (χ1n) is 13.8. The van der Waals surface area contributed by atoms with Crippen molar-refractivity contribution in [2.24, 2.45) is 0 Å². The van der Waals surface area contributed by atoms with Crippen LogP contribution in [0.15, 0.2) is 49.1 Å². The highest BCUT2D eigenvalue weighted by molar-refractivity contribution is 5.96. The van der Waals surface area contributed by atoms with Gasteiger partial charge in [0.1, 0.15) is 18.2 Å². The van der Waals surface area contributed by atoms with Crippen LogP contribution in [0.25, 0.3) is 10.8 Å². The molecule has 3 aliphatic rings. The van der Waals surface area contributed by atoms with E-state index in [9.17, 15) is 9.90 Å². The molecule has 3 aliphatic heterocycles. The predicted molar refractivity (Wildman–Crippen MR) is 152 cm³/mol. The van der Waals surface area contributed by atoms with E-state index in [-0.39, 0.29) is 17.7 Å². The third-order valence-corrected chi connectivity index (χ3v) is 8.37. The lowest BCUT2D eigenvalue weighted by Gasteiger charge is -2.40. The minimum atomic E-state index is -0.0407. The summed E-state index contributed by atoms with van der Waals surface area (Å²) in [7, 11) is 2.14. The Kier molecular flexibility index (Phi) is 6.76. The van der Waals surface area contributed by atoms with Gasteiger partial charge in [-0.05, 0) is 50.9 Å². The van der Waals surface area contributed by atoms with Gasteiger partial charge in [0.2, 0.25) is 5.91 Å². The summed E-state index contributed by atoms with van der Waals surface area (Å²) in [6.07, 6.45) is 3.68. The molecule has 0 saturated carbocycles. The van der Waals surface area contributed by atoms with Gasteiger partial charge < -0.3 is 29.4 Å². The molecular weight excluding hydrogens is 492 g/mol. The largest absolute Gasteiger partial charge is 0.508 e. The second kappa shape index (κ2) is 10.4. The molecule has 3 aromatic rings. The molecule has 2 aromatic carbocycles. The van der Waals surface area contributed by atoms with Crippen molar-refractivity contribution in [3.05, 3.63) is 60.3 Å².